The van der Waals surface area contributed by atoms with E-state index < -0.39 is 12.1 Å². The average molecular weight is 186 g/mol. The quantitative estimate of drug-likeness (QED) is 0.673. The first-order chi connectivity index (χ1) is 6.16. The molecule has 0 bridgehead atoms. The molecule has 1 heterocycles. The van der Waals surface area contributed by atoms with Gasteiger partial charge in [-0.05, 0) is 6.42 Å². The van der Waals surface area contributed by atoms with Crippen molar-refractivity contribution in [1.82, 2.24) is 10.2 Å². The first-order valence-corrected chi connectivity index (χ1v) is 4.34. The number of rotatable bonds is 3. The molecule has 0 aromatic carbocycles. The highest BCUT2D eigenvalue weighted by Crippen LogP contribution is 2.08. The smallest absolute Gasteiger partial charge is 0.410 e. The lowest BCUT2D eigenvalue weighted by molar-refractivity contribution is -0.124. The zero-order valence-corrected chi connectivity index (χ0v) is 7.87. The molecule has 1 fully saturated rings. The van der Waals surface area contributed by atoms with Gasteiger partial charge in [-0.2, -0.15) is 0 Å². The van der Waals surface area contributed by atoms with Gasteiger partial charge in [0, 0.05) is 13.6 Å². The second-order valence-electron chi connectivity index (χ2n) is 2.99. The van der Waals surface area contributed by atoms with Crippen LogP contribution in [0, 0.1) is 0 Å². The summed E-state index contributed by atoms with van der Waals surface area (Å²) in [5.41, 5.74) is 0. The summed E-state index contributed by atoms with van der Waals surface area (Å²) in [6.45, 7) is 2.77. The van der Waals surface area contributed by atoms with Gasteiger partial charge >= 0.3 is 6.09 Å². The van der Waals surface area contributed by atoms with Crippen molar-refractivity contribution in [3.8, 4) is 0 Å². The van der Waals surface area contributed by atoms with Gasteiger partial charge in [0.05, 0.1) is 0 Å². The van der Waals surface area contributed by atoms with Gasteiger partial charge in [-0.1, -0.05) is 6.92 Å². The average Bonchev–Trinajstić information content (AvgIpc) is 2.44. The van der Waals surface area contributed by atoms with Crippen LogP contribution in [-0.4, -0.2) is 43.1 Å². The van der Waals surface area contributed by atoms with Crippen LogP contribution in [0.1, 0.15) is 13.3 Å². The van der Waals surface area contributed by atoms with E-state index in [4.69, 9.17) is 4.74 Å². The minimum absolute atomic E-state index is 0.143. The molecule has 2 amide bonds. The molecule has 0 saturated carbocycles. The number of ether oxygens (including phenoxy) is 1. The summed E-state index contributed by atoms with van der Waals surface area (Å²) in [6.07, 6.45) is 0.452. The largest absolute Gasteiger partial charge is 0.447 e. The van der Waals surface area contributed by atoms with E-state index in [1.807, 2.05) is 6.92 Å². The highest BCUT2D eigenvalue weighted by atomic mass is 16.6. The van der Waals surface area contributed by atoms with Crippen LogP contribution in [0.3, 0.4) is 0 Å². The molecule has 13 heavy (non-hydrogen) atoms. The fourth-order valence-electron chi connectivity index (χ4n) is 1.11. The number of carbonyl (C=O) groups excluding carboxylic acids is 2. The Labute approximate surface area is 77.0 Å². The summed E-state index contributed by atoms with van der Waals surface area (Å²) in [5, 5.41) is 2.71. The number of hydrogen-bond acceptors (Lipinski definition) is 3. The van der Waals surface area contributed by atoms with Crippen molar-refractivity contribution in [2.75, 3.05) is 20.2 Å². The predicted molar refractivity (Wildman–Crippen MR) is 46.2 cm³/mol. The fraction of sp³-hybridized carbons (Fsp3) is 0.750. The Kier molecular flexibility index (Phi) is 3.11. The molecule has 5 nitrogen and oxygen atoms in total. The van der Waals surface area contributed by atoms with Crippen LogP contribution in [0.15, 0.2) is 0 Å². The van der Waals surface area contributed by atoms with Crippen molar-refractivity contribution in [3.63, 3.8) is 0 Å². The summed E-state index contributed by atoms with van der Waals surface area (Å²) in [6, 6.07) is -0.459. The van der Waals surface area contributed by atoms with Gasteiger partial charge in [0.15, 0.2) is 0 Å². The highest BCUT2D eigenvalue weighted by Gasteiger charge is 2.34. The van der Waals surface area contributed by atoms with Gasteiger partial charge < -0.3 is 10.1 Å². The molecule has 1 unspecified atom stereocenters. The molecule has 0 aromatic rings. The third kappa shape index (κ3) is 2.11. The maximum absolute atomic E-state index is 11.4. The lowest BCUT2D eigenvalue weighted by atomic mass is 10.3. The molecular formula is C8H14N2O3. The van der Waals surface area contributed by atoms with E-state index in [9.17, 15) is 9.59 Å². The number of cyclic esters (lactones) is 1. The molecular weight excluding hydrogens is 172 g/mol. The van der Waals surface area contributed by atoms with E-state index in [-0.39, 0.29) is 12.5 Å². The molecule has 0 radical (unpaired) electrons. The van der Waals surface area contributed by atoms with E-state index in [0.717, 1.165) is 6.42 Å². The molecule has 0 aliphatic carbocycles. The second kappa shape index (κ2) is 4.11. The third-order valence-electron chi connectivity index (χ3n) is 1.97. The lowest BCUT2D eigenvalue weighted by Crippen LogP contribution is -2.44. The molecule has 1 saturated heterocycles. The van der Waals surface area contributed by atoms with Crippen LogP contribution in [0.5, 0.6) is 0 Å². The zero-order valence-electron chi connectivity index (χ0n) is 7.87. The summed E-state index contributed by atoms with van der Waals surface area (Å²) < 4.78 is 4.70. The third-order valence-corrected chi connectivity index (χ3v) is 1.97. The van der Waals surface area contributed by atoms with E-state index in [0.29, 0.717) is 6.54 Å². The topological polar surface area (TPSA) is 58.6 Å². The fourth-order valence-corrected chi connectivity index (χ4v) is 1.11. The minimum Gasteiger partial charge on any atom is -0.447 e. The maximum atomic E-state index is 11.4. The number of carbonyl (C=O) groups is 2. The number of likely N-dealkylation sites (N-methyl/N-ethyl adjacent to an activating group) is 1. The lowest BCUT2D eigenvalue weighted by Gasteiger charge is -2.14. The van der Waals surface area contributed by atoms with Crippen molar-refractivity contribution in [1.29, 1.82) is 0 Å². The SMILES string of the molecule is CCCNC(=O)C1COC(=O)N1C. The molecule has 1 atom stereocenters. The van der Waals surface area contributed by atoms with Gasteiger partial charge in [-0.3, -0.25) is 9.69 Å². The standard InChI is InChI=1S/C8H14N2O3/c1-3-4-9-7(11)6-5-13-8(12)10(6)2/h6H,3-5H2,1-2H3,(H,9,11). The van der Waals surface area contributed by atoms with Crippen molar-refractivity contribution < 1.29 is 14.3 Å². The minimum atomic E-state index is -0.459. The van der Waals surface area contributed by atoms with Gasteiger partial charge in [0.1, 0.15) is 12.6 Å². The first-order valence-electron chi connectivity index (χ1n) is 4.34. The van der Waals surface area contributed by atoms with Crippen molar-refractivity contribution in [2.45, 2.75) is 19.4 Å². The molecule has 1 rings (SSSR count). The van der Waals surface area contributed by atoms with Crippen LogP contribution in [-0.2, 0) is 9.53 Å². The van der Waals surface area contributed by atoms with Gasteiger partial charge in [0.25, 0.3) is 0 Å². The number of nitrogens with one attached hydrogen (secondary N) is 1. The Balaban J connectivity index is 2.43. The van der Waals surface area contributed by atoms with Crippen LogP contribution in [0.2, 0.25) is 0 Å². The second-order valence-corrected chi connectivity index (χ2v) is 2.99. The molecule has 1 aliphatic heterocycles. The zero-order chi connectivity index (χ0) is 9.84. The van der Waals surface area contributed by atoms with Crippen molar-refractivity contribution >= 4 is 12.0 Å². The van der Waals surface area contributed by atoms with Crippen LogP contribution < -0.4 is 5.32 Å². The van der Waals surface area contributed by atoms with Gasteiger partial charge in [-0.15, -0.1) is 0 Å². The number of amides is 2. The van der Waals surface area contributed by atoms with Crippen LogP contribution >= 0.6 is 0 Å². The van der Waals surface area contributed by atoms with Gasteiger partial charge in [-0.25, -0.2) is 4.79 Å². The first kappa shape index (κ1) is 9.83. The Morgan fingerprint density at radius 2 is 2.46 bits per heavy atom. The molecule has 1 aliphatic rings. The number of hydrogen-bond donors (Lipinski definition) is 1. The predicted octanol–water partition coefficient (Wildman–Crippen LogP) is -0.0368. The van der Waals surface area contributed by atoms with Crippen molar-refractivity contribution in [2.24, 2.45) is 0 Å². The van der Waals surface area contributed by atoms with Crippen LogP contribution in [0.4, 0.5) is 4.79 Å². The summed E-state index contributed by atoms with van der Waals surface area (Å²) >= 11 is 0. The van der Waals surface area contributed by atoms with Gasteiger partial charge in [0.2, 0.25) is 5.91 Å². The van der Waals surface area contributed by atoms with E-state index in [1.54, 1.807) is 7.05 Å². The number of nitrogens with zero attached hydrogens (tertiary/aromatic N) is 1. The Morgan fingerprint density at radius 1 is 1.77 bits per heavy atom. The summed E-state index contributed by atoms with van der Waals surface area (Å²) in [7, 11) is 1.56. The van der Waals surface area contributed by atoms with Crippen LogP contribution in [0.25, 0.3) is 0 Å². The molecule has 0 spiro atoms. The monoisotopic (exact) mass is 186 g/mol. The molecule has 0 aromatic heterocycles. The summed E-state index contributed by atoms with van der Waals surface area (Å²) in [4.78, 5) is 23.6. The Hall–Kier alpha value is -1.26. The Morgan fingerprint density at radius 3 is 2.92 bits per heavy atom. The molecule has 5 heteroatoms. The van der Waals surface area contributed by atoms with E-state index in [2.05, 4.69) is 5.32 Å². The normalized spacial score (nSPS) is 21.5. The molecule has 1 N–H and O–H groups in total. The molecule has 74 valence electrons. The summed E-state index contributed by atoms with van der Waals surface area (Å²) in [5.74, 6) is -0.143. The van der Waals surface area contributed by atoms with Crippen molar-refractivity contribution in [3.05, 3.63) is 0 Å². The van der Waals surface area contributed by atoms with E-state index >= 15 is 0 Å². The highest BCUT2D eigenvalue weighted by molar-refractivity contribution is 5.87. The van der Waals surface area contributed by atoms with E-state index in [1.165, 1.54) is 4.90 Å². The Bertz CT molecular complexity index is 217. The maximum Gasteiger partial charge on any atom is 0.410 e.